The minimum atomic E-state index is -0.895. The van der Waals surface area contributed by atoms with Crippen molar-refractivity contribution in [3.05, 3.63) is 82.1 Å². The Hall–Kier alpha value is -2.74. The monoisotopic (exact) mass is 449 g/mol. The zero-order valence-electron chi connectivity index (χ0n) is 15.9. The Labute approximate surface area is 182 Å². The van der Waals surface area contributed by atoms with Gasteiger partial charge in [0.15, 0.2) is 11.6 Å². The van der Waals surface area contributed by atoms with Crippen LogP contribution in [0.2, 0.25) is 10.3 Å². The highest BCUT2D eigenvalue weighted by Gasteiger charge is 2.26. The zero-order valence-corrected chi connectivity index (χ0v) is 17.4. The Morgan fingerprint density at radius 2 is 1.83 bits per heavy atom. The fraction of sp³-hybridized carbons (Fsp3) is 0.190. The normalized spacial score (nSPS) is 11.8. The van der Waals surface area contributed by atoms with E-state index < -0.39 is 17.8 Å². The van der Waals surface area contributed by atoms with Crippen LogP contribution in [0.4, 0.5) is 10.1 Å². The van der Waals surface area contributed by atoms with Crippen molar-refractivity contribution < 1.29 is 19.0 Å². The molecule has 1 N–H and O–H groups in total. The molecule has 0 bridgehead atoms. The van der Waals surface area contributed by atoms with Crippen LogP contribution in [0.3, 0.4) is 0 Å². The van der Waals surface area contributed by atoms with Crippen molar-refractivity contribution in [1.82, 2.24) is 9.97 Å². The fourth-order valence-electron chi connectivity index (χ4n) is 2.74. The largest absolute Gasteiger partial charge is 0.486 e. The lowest BCUT2D eigenvalue weighted by atomic mass is 10.2. The first-order valence-electron chi connectivity index (χ1n) is 8.99. The second-order valence-electron chi connectivity index (χ2n) is 6.48. The van der Waals surface area contributed by atoms with E-state index in [2.05, 4.69) is 9.97 Å². The van der Waals surface area contributed by atoms with Crippen molar-refractivity contribution in [3.8, 4) is 5.75 Å². The lowest BCUT2D eigenvalue weighted by Gasteiger charge is -2.25. The molecule has 1 aromatic heterocycles. The fourth-order valence-corrected chi connectivity index (χ4v) is 3.21. The quantitative estimate of drug-likeness (QED) is 0.536. The Morgan fingerprint density at radius 3 is 2.43 bits per heavy atom. The highest BCUT2D eigenvalue weighted by atomic mass is 35.5. The van der Waals surface area contributed by atoms with Gasteiger partial charge in [0.05, 0.1) is 12.6 Å². The molecule has 0 aliphatic heterocycles. The Kier molecular flexibility index (Phi) is 7.20. The van der Waals surface area contributed by atoms with Crippen molar-refractivity contribution >= 4 is 34.8 Å². The van der Waals surface area contributed by atoms with E-state index in [0.717, 1.165) is 22.9 Å². The van der Waals surface area contributed by atoms with Gasteiger partial charge in [-0.15, -0.1) is 0 Å². The molecular weight excluding hydrogens is 432 g/mol. The molecule has 1 heterocycles. The standard InChI is InChI=1S/C21H18Cl2FN3O3/c1-13(28)10-27(21(29)18-19(22)25-12-26-20(18)23)15-7-8-17(16(24)9-15)30-11-14-5-3-2-4-6-14/h2-9,12-13,28H,10-11H2,1H3. The molecule has 9 heteroatoms. The number of ether oxygens (including phenoxy) is 1. The molecule has 1 amide bonds. The molecule has 0 radical (unpaired) electrons. The maximum atomic E-state index is 14.7. The van der Waals surface area contributed by atoms with Gasteiger partial charge < -0.3 is 14.7 Å². The van der Waals surface area contributed by atoms with Gasteiger partial charge in [-0.05, 0) is 24.6 Å². The highest BCUT2D eigenvalue weighted by molar-refractivity contribution is 6.39. The number of benzene rings is 2. The summed E-state index contributed by atoms with van der Waals surface area (Å²) in [7, 11) is 0. The van der Waals surface area contributed by atoms with Gasteiger partial charge in [-0.1, -0.05) is 53.5 Å². The predicted molar refractivity (Wildman–Crippen MR) is 113 cm³/mol. The van der Waals surface area contributed by atoms with Crippen molar-refractivity contribution in [2.45, 2.75) is 19.6 Å². The highest BCUT2D eigenvalue weighted by Crippen LogP contribution is 2.28. The van der Waals surface area contributed by atoms with Gasteiger partial charge in [0.25, 0.3) is 5.91 Å². The van der Waals surface area contributed by atoms with Crippen molar-refractivity contribution in [2.75, 3.05) is 11.4 Å². The number of carbonyl (C=O) groups is 1. The zero-order chi connectivity index (χ0) is 21.7. The molecule has 0 saturated carbocycles. The number of halogens is 3. The topological polar surface area (TPSA) is 75.5 Å². The Morgan fingerprint density at radius 1 is 1.17 bits per heavy atom. The van der Waals surface area contributed by atoms with Gasteiger partial charge in [-0.2, -0.15) is 0 Å². The van der Waals surface area contributed by atoms with Gasteiger partial charge in [-0.25, -0.2) is 14.4 Å². The second kappa shape index (κ2) is 9.84. The average Bonchev–Trinajstić information content (AvgIpc) is 2.71. The third kappa shape index (κ3) is 5.24. The molecule has 0 aliphatic carbocycles. The average molecular weight is 450 g/mol. The first kappa shape index (κ1) is 22.0. The Balaban J connectivity index is 1.87. The van der Waals surface area contributed by atoms with Crippen LogP contribution in [-0.4, -0.2) is 33.6 Å². The number of aromatic nitrogens is 2. The number of rotatable bonds is 7. The van der Waals surface area contributed by atoms with Crippen LogP contribution in [0, 0.1) is 5.82 Å². The minimum Gasteiger partial charge on any atom is -0.486 e. The van der Waals surface area contributed by atoms with E-state index in [0.29, 0.717) is 0 Å². The van der Waals surface area contributed by atoms with Gasteiger partial charge in [0.2, 0.25) is 0 Å². The minimum absolute atomic E-state index is 0.0335. The summed E-state index contributed by atoms with van der Waals surface area (Å²) >= 11 is 12.0. The van der Waals surface area contributed by atoms with Crippen LogP contribution >= 0.6 is 23.2 Å². The van der Waals surface area contributed by atoms with Gasteiger partial charge in [0.1, 0.15) is 28.8 Å². The molecule has 3 rings (SSSR count). The first-order chi connectivity index (χ1) is 14.4. The first-order valence-corrected chi connectivity index (χ1v) is 9.74. The van der Waals surface area contributed by atoms with E-state index in [9.17, 15) is 14.3 Å². The summed E-state index contributed by atoms with van der Waals surface area (Å²) < 4.78 is 20.2. The lowest BCUT2D eigenvalue weighted by Crippen LogP contribution is -2.37. The van der Waals surface area contributed by atoms with E-state index in [1.54, 1.807) is 0 Å². The van der Waals surface area contributed by atoms with E-state index in [1.807, 2.05) is 30.3 Å². The Bertz CT molecular complexity index is 1020. The maximum Gasteiger partial charge on any atom is 0.264 e. The second-order valence-corrected chi connectivity index (χ2v) is 7.20. The number of aliphatic hydroxyl groups excluding tert-OH is 1. The summed E-state index contributed by atoms with van der Waals surface area (Å²) in [5.74, 6) is -1.29. The summed E-state index contributed by atoms with van der Waals surface area (Å²) in [6.07, 6.45) is 0.229. The number of nitrogens with zero attached hydrogens (tertiary/aromatic N) is 3. The SMILES string of the molecule is CC(O)CN(C(=O)c1c(Cl)ncnc1Cl)c1ccc(OCc2ccccc2)c(F)c1. The molecule has 2 aromatic carbocycles. The van der Waals surface area contributed by atoms with Crippen LogP contribution < -0.4 is 9.64 Å². The van der Waals surface area contributed by atoms with E-state index in [-0.39, 0.29) is 40.5 Å². The van der Waals surface area contributed by atoms with Crippen molar-refractivity contribution in [1.29, 1.82) is 0 Å². The molecule has 0 spiro atoms. The lowest BCUT2D eigenvalue weighted by molar-refractivity contribution is 0.0967. The predicted octanol–water partition coefficient (Wildman–Crippen LogP) is 4.53. The molecule has 3 aromatic rings. The summed E-state index contributed by atoms with van der Waals surface area (Å²) in [5.41, 5.74) is 0.952. The number of hydrogen-bond acceptors (Lipinski definition) is 5. The van der Waals surface area contributed by atoms with E-state index in [1.165, 1.54) is 19.1 Å². The molecule has 0 aliphatic rings. The molecular formula is C21H18Cl2FN3O3. The molecule has 156 valence electrons. The summed E-state index contributed by atoms with van der Waals surface area (Å²) in [5, 5.41) is 9.56. The van der Waals surface area contributed by atoms with Crippen LogP contribution in [0.25, 0.3) is 0 Å². The summed E-state index contributed by atoms with van der Waals surface area (Å²) in [6, 6.07) is 13.4. The number of aliphatic hydroxyl groups is 1. The van der Waals surface area contributed by atoms with Crippen LogP contribution in [-0.2, 0) is 6.61 Å². The van der Waals surface area contributed by atoms with Crippen molar-refractivity contribution in [2.24, 2.45) is 0 Å². The van der Waals surface area contributed by atoms with Crippen LogP contribution in [0.15, 0.2) is 54.9 Å². The number of amides is 1. The molecule has 30 heavy (non-hydrogen) atoms. The van der Waals surface area contributed by atoms with Gasteiger partial charge >= 0.3 is 0 Å². The van der Waals surface area contributed by atoms with Gasteiger partial charge in [0, 0.05) is 11.8 Å². The maximum absolute atomic E-state index is 14.7. The molecule has 6 nitrogen and oxygen atoms in total. The van der Waals surface area contributed by atoms with Gasteiger partial charge in [-0.3, -0.25) is 4.79 Å². The number of hydrogen-bond donors (Lipinski definition) is 1. The molecule has 0 fully saturated rings. The smallest absolute Gasteiger partial charge is 0.264 e. The third-order valence-electron chi connectivity index (χ3n) is 4.12. The molecule has 1 unspecified atom stereocenters. The summed E-state index contributed by atoms with van der Waals surface area (Å²) in [4.78, 5) is 21.7. The molecule has 0 saturated heterocycles. The van der Waals surface area contributed by atoms with E-state index >= 15 is 0 Å². The van der Waals surface area contributed by atoms with Crippen molar-refractivity contribution in [3.63, 3.8) is 0 Å². The third-order valence-corrected chi connectivity index (χ3v) is 4.70. The van der Waals surface area contributed by atoms with Crippen LogP contribution in [0.5, 0.6) is 5.75 Å². The molecule has 1 atom stereocenters. The summed E-state index contributed by atoms with van der Waals surface area (Å²) in [6.45, 7) is 1.57. The van der Waals surface area contributed by atoms with Crippen LogP contribution in [0.1, 0.15) is 22.8 Å². The number of carbonyl (C=O) groups excluding carboxylic acids is 1. The van der Waals surface area contributed by atoms with E-state index in [4.69, 9.17) is 27.9 Å². The number of anilines is 1.